The van der Waals surface area contributed by atoms with Gasteiger partial charge in [-0.15, -0.1) is 0 Å². The van der Waals surface area contributed by atoms with Gasteiger partial charge in [-0.05, 0) is 0 Å². The molecule has 0 bridgehead atoms. The van der Waals surface area contributed by atoms with Crippen molar-refractivity contribution in [1.82, 2.24) is 0 Å². The first-order valence-electron chi connectivity index (χ1n) is 3.94. The van der Waals surface area contributed by atoms with E-state index in [0.717, 1.165) is 0 Å². The van der Waals surface area contributed by atoms with Crippen LogP contribution in [0.2, 0.25) is 0 Å². The zero-order valence-electron chi connectivity index (χ0n) is 9.17. The fourth-order valence-electron chi connectivity index (χ4n) is 0.545. The van der Waals surface area contributed by atoms with Gasteiger partial charge in [-0.3, -0.25) is 4.89 Å². The molecular weight excluding hydrogens is 353 g/mol. The maximum absolute atomic E-state index is 11.0. The summed E-state index contributed by atoms with van der Waals surface area (Å²) >= 11 is 0. The first-order valence-corrected chi connectivity index (χ1v) is 8.46. The molecule has 8 N–H and O–H groups in total. The van der Waals surface area contributed by atoms with Crippen molar-refractivity contribution in [1.29, 1.82) is 0 Å². The summed E-state index contributed by atoms with van der Waals surface area (Å²) in [5, 5.41) is 17.0. The van der Waals surface area contributed by atoms with Crippen molar-refractivity contribution >= 4 is 29.4 Å². The Kier molecular flexibility index (Phi) is 8.51. The third-order valence-corrected chi connectivity index (χ3v) is 4.80. The average Bonchev–Trinajstić information content (AvgIpc) is 2.08. The summed E-state index contributed by atoms with van der Waals surface area (Å²) in [6, 6.07) is 0. The van der Waals surface area contributed by atoms with E-state index in [1.54, 1.807) is 0 Å². The van der Waals surface area contributed by atoms with Gasteiger partial charge >= 0.3 is 29.4 Å². The van der Waals surface area contributed by atoms with Crippen LogP contribution in [-0.2, 0) is 31.6 Å². The van der Waals surface area contributed by atoms with Gasteiger partial charge in [0.15, 0.2) is 6.10 Å². The molecule has 3 unspecified atom stereocenters. The second-order valence-corrected chi connectivity index (χ2v) is 7.04. The molecule has 0 spiro atoms. The van der Waals surface area contributed by atoms with Crippen LogP contribution in [0.3, 0.4) is 0 Å². The molecule has 3 atom stereocenters. The number of aliphatic hydroxyl groups excluding tert-OH is 2. The van der Waals surface area contributed by atoms with Crippen molar-refractivity contribution in [3.8, 4) is 0 Å². The molecule has 0 heterocycles. The van der Waals surface area contributed by atoms with Crippen molar-refractivity contribution in [2.45, 2.75) is 6.10 Å². The normalized spacial score (nSPS) is 19.1. The van der Waals surface area contributed by atoms with E-state index < -0.39 is 42.1 Å². The SMILES string of the molecule is O.O=C(OP(=O)(O)OP(=O)(O)OP(=O)(O)O)C(O)CO. The summed E-state index contributed by atoms with van der Waals surface area (Å²) in [5.74, 6) is -1.88. The first kappa shape index (κ1) is 22.1. The van der Waals surface area contributed by atoms with Crippen LogP contribution in [0.4, 0.5) is 0 Å². The molecule has 0 aliphatic heterocycles. The van der Waals surface area contributed by atoms with Gasteiger partial charge in [-0.1, -0.05) is 0 Å². The molecular formula is C3H11O14P3. The highest BCUT2D eigenvalue weighted by atomic mass is 31.3. The lowest BCUT2D eigenvalue weighted by Crippen LogP contribution is -2.25. The number of aliphatic hydroxyl groups is 2. The lowest BCUT2D eigenvalue weighted by Gasteiger charge is -2.16. The molecule has 0 radical (unpaired) electrons. The van der Waals surface area contributed by atoms with E-state index in [1.165, 1.54) is 0 Å². The maximum Gasteiger partial charge on any atom is 0.538 e. The fraction of sp³-hybridized carbons (Fsp3) is 0.667. The van der Waals surface area contributed by atoms with E-state index in [1.807, 2.05) is 0 Å². The topological polar surface area (TPSA) is 249 Å². The molecule has 0 aromatic heterocycles. The van der Waals surface area contributed by atoms with Crippen LogP contribution in [0.1, 0.15) is 0 Å². The van der Waals surface area contributed by atoms with Gasteiger partial charge in [-0.25, -0.2) is 18.5 Å². The highest BCUT2D eigenvalue weighted by Crippen LogP contribution is 2.66. The molecule has 17 heteroatoms. The van der Waals surface area contributed by atoms with Crippen LogP contribution >= 0.6 is 23.5 Å². The Bertz CT molecular complexity index is 462. The van der Waals surface area contributed by atoms with Crippen LogP contribution in [0.25, 0.3) is 0 Å². The Hall–Kier alpha value is -0.200. The number of hydrogen-bond donors (Lipinski definition) is 6. The number of hydrogen-bond acceptors (Lipinski definition) is 9. The molecule has 0 aliphatic carbocycles. The summed E-state index contributed by atoms with van der Waals surface area (Å²) in [7, 11) is -16.9. The number of phosphoric ester groups is 1. The highest BCUT2D eigenvalue weighted by molar-refractivity contribution is 7.66. The van der Waals surface area contributed by atoms with Crippen molar-refractivity contribution < 1.29 is 66.9 Å². The number of phosphoric acid groups is 3. The second-order valence-electron chi connectivity index (χ2n) is 2.70. The zero-order chi connectivity index (χ0) is 15.5. The molecule has 14 nitrogen and oxygen atoms in total. The Morgan fingerprint density at radius 3 is 1.80 bits per heavy atom. The summed E-state index contributed by atoms with van der Waals surface area (Å²) in [4.78, 5) is 44.6. The number of rotatable bonds is 7. The van der Waals surface area contributed by atoms with Crippen LogP contribution in [0.5, 0.6) is 0 Å². The van der Waals surface area contributed by atoms with Gasteiger partial charge in [0.2, 0.25) is 0 Å². The molecule has 0 saturated carbocycles. The van der Waals surface area contributed by atoms with Crippen LogP contribution < -0.4 is 0 Å². The monoisotopic (exact) mass is 364 g/mol. The van der Waals surface area contributed by atoms with Crippen molar-refractivity contribution in [2.75, 3.05) is 6.61 Å². The number of carbonyl (C=O) groups excluding carboxylic acids is 1. The van der Waals surface area contributed by atoms with E-state index in [2.05, 4.69) is 13.1 Å². The largest absolute Gasteiger partial charge is 0.538 e. The van der Waals surface area contributed by atoms with Gasteiger partial charge in [0.25, 0.3) is 0 Å². The molecule has 0 aromatic rings. The lowest BCUT2D eigenvalue weighted by atomic mass is 10.4. The van der Waals surface area contributed by atoms with Gasteiger partial charge in [0.05, 0.1) is 6.61 Å². The number of carbonyl (C=O) groups is 1. The van der Waals surface area contributed by atoms with Crippen molar-refractivity contribution in [3.63, 3.8) is 0 Å². The Balaban J connectivity index is 0. The van der Waals surface area contributed by atoms with Gasteiger partial charge in [0, 0.05) is 0 Å². The van der Waals surface area contributed by atoms with Gasteiger partial charge < -0.3 is 34.9 Å². The summed E-state index contributed by atoms with van der Waals surface area (Å²) < 4.78 is 42.0. The van der Waals surface area contributed by atoms with Crippen LogP contribution in [0, 0.1) is 0 Å². The van der Waals surface area contributed by atoms with Gasteiger partial charge in [-0.2, -0.15) is 8.62 Å². The molecule has 0 aromatic carbocycles. The second kappa shape index (κ2) is 7.71. The van der Waals surface area contributed by atoms with E-state index >= 15 is 0 Å². The molecule has 0 fully saturated rings. The minimum Gasteiger partial charge on any atom is -0.412 e. The highest BCUT2D eigenvalue weighted by Gasteiger charge is 2.43. The standard InChI is InChI=1S/C3H9O13P3.H2O/c4-1-2(5)3(6)14-18(10,11)16-19(12,13)15-17(7,8)9;/h2,4-5H,1H2,(H,10,11)(H,12,13)(H2,7,8,9);1H2. The molecule has 0 rings (SSSR count). The first-order chi connectivity index (χ1) is 8.28. The summed E-state index contributed by atoms with van der Waals surface area (Å²) in [6.07, 6.45) is -2.23. The third kappa shape index (κ3) is 9.66. The summed E-state index contributed by atoms with van der Waals surface area (Å²) in [6.45, 7) is -1.19. The van der Waals surface area contributed by atoms with E-state index in [0.29, 0.717) is 0 Å². The maximum atomic E-state index is 11.0. The Morgan fingerprint density at radius 1 is 1.00 bits per heavy atom. The average molecular weight is 364 g/mol. The van der Waals surface area contributed by atoms with Gasteiger partial charge in [0.1, 0.15) is 0 Å². The van der Waals surface area contributed by atoms with E-state index in [4.69, 9.17) is 29.8 Å². The smallest absolute Gasteiger partial charge is 0.412 e. The molecule has 0 aliphatic rings. The van der Waals surface area contributed by atoms with Crippen LogP contribution in [-0.4, -0.2) is 53.9 Å². The fourth-order valence-corrected chi connectivity index (χ4v) is 3.53. The quantitative estimate of drug-likeness (QED) is 0.253. The van der Waals surface area contributed by atoms with Crippen LogP contribution in [0.15, 0.2) is 0 Å². The van der Waals surface area contributed by atoms with E-state index in [9.17, 15) is 18.5 Å². The zero-order valence-corrected chi connectivity index (χ0v) is 11.9. The molecule has 0 amide bonds. The molecule has 20 heavy (non-hydrogen) atoms. The van der Waals surface area contributed by atoms with Crippen molar-refractivity contribution in [2.24, 2.45) is 0 Å². The molecule has 122 valence electrons. The van der Waals surface area contributed by atoms with E-state index in [-0.39, 0.29) is 5.48 Å². The third-order valence-electron chi connectivity index (χ3n) is 1.07. The van der Waals surface area contributed by atoms with Crippen molar-refractivity contribution in [3.05, 3.63) is 0 Å². The predicted molar refractivity (Wildman–Crippen MR) is 56.7 cm³/mol. The minimum atomic E-state index is -5.73. The minimum absolute atomic E-state index is 0. The molecule has 0 saturated heterocycles. The Labute approximate surface area is 110 Å². The predicted octanol–water partition coefficient (Wildman–Crippen LogP) is -2.62. The Morgan fingerprint density at radius 2 is 1.45 bits per heavy atom. The lowest BCUT2D eigenvalue weighted by molar-refractivity contribution is -0.146. The summed E-state index contributed by atoms with van der Waals surface area (Å²) in [5.41, 5.74) is 0.